The van der Waals surface area contributed by atoms with Crippen LogP contribution in [-0.2, 0) is 20.6 Å². The molecular weight excluding hydrogens is 384 g/mol. The Morgan fingerprint density at radius 2 is 1.93 bits per heavy atom. The van der Waals surface area contributed by atoms with Gasteiger partial charge < -0.3 is 24.1 Å². The second kappa shape index (κ2) is 10.7. The molecule has 1 saturated heterocycles. The topological polar surface area (TPSA) is 74.2 Å². The first-order valence-electron chi connectivity index (χ1n) is 10.0. The van der Waals surface area contributed by atoms with E-state index in [4.69, 9.17) is 25.4 Å². The van der Waals surface area contributed by atoms with E-state index >= 15 is 0 Å². The van der Waals surface area contributed by atoms with E-state index < -0.39 is 24.7 Å². The van der Waals surface area contributed by atoms with E-state index in [1.165, 1.54) is 0 Å². The molecule has 2 aromatic carbocycles. The van der Waals surface area contributed by atoms with Gasteiger partial charge in [-0.2, -0.15) is 0 Å². The smallest absolute Gasteiger partial charge is 0.465 e. The SMILES string of the molecule is C#Cc1ccc(Cc2ccccc2OC2CC(O)CC(COC(=O)OCC)O2)cc1. The first kappa shape index (κ1) is 21.7. The molecule has 1 fully saturated rings. The zero-order valence-corrected chi connectivity index (χ0v) is 17.0. The van der Waals surface area contributed by atoms with Crippen LogP contribution in [0, 0.1) is 12.3 Å². The lowest BCUT2D eigenvalue weighted by Crippen LogP contribution is -2.41. The maximum Gasteiger partial charge on any atom is 0.508 e. The highest BCUT2D eigenvalue weighted by Crippen LogP contribution is 2.27. The van der Waals surface area contributed by atoms with E-state index in [1.54, 1.807) is 6.92 Å². The number of hydrogen-bond acceptors (Lipinski definition) is 6. The summed E-state index contributed by atoms with van der Waals surface area (Å²) in [4.78, 5) is 11.4. The molecule has 158 valence electrons. The molecule has 1 aliphatic heterocycles. The van der Waals surface area contributed by atoms with E-state index in [0.29, 0.717) is 25.0 Å². The van der Waals surface area contributed by atoms with Gasteiger partial charge in [0.2, 0.25) is 6.29 Å². The Kier molecular flexibility index (Phi) is 7.72. The molecule has 1 N–H and O–H groups in total. The van der Waals surface area contributed by atoms with Crippen LogP contribution in [0.1, 0.15) is 36.5 Å². The first-order valence-corrected chi connectivity index (χ1v) is 10.0. The fourth-order valence-electron chi connectivity index (χ4n) is 3.30. The molecular formula is C24H26O6. The molecule has 0 bridgehead atoms. The molecule has 6 heteroatoms. The monoisotopic (exact) mass is 410 g/mol. The maximum atomic E-state index is 11.4. The Bertz CT molecular complexity index is 870. The van der Waals surface area contributed by atoms with Gasteiger partial charge in [0, 0.05) is 24.8 Å². The summed E-state index contributed by atoms with van der Waals surface area (Å²) in [6.45, 7) is 1.94. The van der Waals surface area contributed by atoms with Crippen LogP contribution >= 0.6 is 0 Å². The lowest BCUT2D eigenvalue weighted by molar-refractivity contribution is -0.186. The third kappa shape index (κ3) is 6.24. The van der Waals surface area contributed by atoms with Gasteiger partial charge >= 0.3 is 6.16 Å². The molecule has 3 rings (SSSR count). The predicted molar refractivity (Wildman–Crippen MR) is 111 cm³/mol. The van der Waals surface area contributed by atoms with Crippen molar-refractivity contribution in [1.82, 2.24) is 0 Å². The minimum Gasteiger partial charge on any atom is -0.465 e. The predicted octanol–water partition coefficient (Wildman–Crippen LogP) is 3.68. The molecule has 3 unspecified atom stereocenters. The van der Waals surface area contributed by atoms with Crippen LogP contribution in [-0.4, -0.2) is 43.0 Å². The summed E-state index contributed by atoms with van der Waals surface area (Å²) in [5.74, 6) is 3.30. The van der Waals surface area contributed by atoms with E-state index in [9.17, 15) is 9.90 Å². The molecule has 1 aliphatic rings. The number of aliphatic hydroxyl groups is 1. The molecule has 6 nitrogen and oxygen atoms in total. The third-order valence-electron chi connectivity index (χ3n) is 4.74. The number of terminal acetylenes is 1. The summed E-state index contributed by atoms with van der Waals surface area (Å²) in [6, 6.07) is 15.5. The number of hydrogen-bond donors (Lipinski definition) is 1. The van der Waals surface area contributed by atoms with Crippen LogP contribution in [0.3, 0.4) is 0 Å². The number of para-hydroxylation sites is 1. The van der Waals surface area contributed by atoms with Gasteiger partial charge in [0.25, 0.3) is 0 Å². The van der Waals surface area contributed by atoms with Crippen molar-refractivity contribution in [3.8, 4) is 18.1 Å². The Labute approximate surface area is 176 Å². The molecule has 0 saturated carbocycles. The summed E-state index contributed by atoms with van der Waals surface area (Å²) < 4.78 is 21.7. The van der Waals surface area contributed by atoms with E-state index in [0.717, 1.165) is 16.7 Å². The van der Waals surface area contributed by atoms with Gasteiger partial charge in [-0.15, -0.1) is 6.42 Å². The highest BCUT2D eigenvalue weighted by molar-refractivity contribution is 5.59. The molecule has 0 amide bonds. The Balaban J connectivity index is 1.63. The van der Waals surface area contributed by atoms with Crippen molar-refractivity contribution in [2.24, 2.45) is 0 Å². The third-order valence-corrected chi connectivity index (χ3v) is 4.74. The van der Waals surface area contributed by atoms with Crippen molar-refractivity contribution in [2.45, 2.75) is 44.7 Å². The second-order valence-corrected chi connectivity index (χ2v) is 7.05. The molecule has 0 aliphatic carbocycles. The number of rotatable bonds is 7. The van der Waals surface area contributed by atoms with Crippen molar-refractivity contribution in [1.29, 1.82) is 0 Å². The fraction of sp³-hybridized carbons (Fsp3) is 0.375. The zero-order chi connectivity index (χ0) is 21.3. The van der Waals surface area contributed by atoms with Crippen molar-refractivity contribution in [2.75, 3.05) is 13.2 Å². The first-order chi connectivity index (χ1) is 14.6. The standard InChI is InChI=1S/C24H26O6/c1-3-17-9-11-18(12-10-17)13-19-7-5-6-8-22(19)30-23-15-20(25)14-21(29-23)16-28-24(26)27-4-2/h1,5-12,20-21,23,25H,4,13-16H2,2H3. The van der Waals surface area contributed by atoms with Crippen LogP contribution < -0.4 is 4.74 Å². The fourth-order valence-corrected chi connectivity index (χ4v) is 3.30. The number of aliphatic hydroxyl groups excluding tert-OH is 1. The minimum absolute atomic E-state index is 0.00106. The largest absolute Gasteiger partial charge is 0.508 e. The molecule has 3 atom stereocenters. The minimum atomic E-state index is -0.750. The van der Waals surface area contributed by atoms with E-state index in [-0.39, 0.29) is 13.2 Å². The van der Waals surface area contributed by atoms with E-state index in [1.807, 2.05) is 48.5 Å². The number of carbonyl (C=O) groups excluding carboxylic acids is 1. The van der Waals surface area contributed by atoms with Crippen LogP contribution in [0.15, 0.2) is 48.5 Å². The molecule has 0 spiro atoms. The van der Waals surface area contributed by atoms with Crippen LogP contribution in [0.2, 0.25) is 0 Å². The van der Waals surface area contributed by atoms with Gasteiger partial charge in [-0.3, -0.25) is 0 Å². The summed E-state index contributed by atoms with van der Waals surface area (Å²) >= 11 is 0. The molecule has 2 aromatic rings. The number of carbonyl (C=O) groups is 1. The summed E-state index contributed by atoms with van der Waals surface area (Å²) in [6.07, 6.45) is 4.32. The van der Waals surface area contributed by atoms with Crippen molar-refractivity contribution < 1.29 is 28.8 Å². The van der Waals surface area contributed by atoms with Crippen LogP contribution in [0.4, 0.5) is 4.79 Å². The average molecular weight is 410 g/mol. The lowest BCUT2D eigenvalue weighted by atomic mass is 10.0. The summed E-state index contributed by atoms with van der Waals surface area (Å²) in [5, 5.41) is 10.2. The number of ether oxygens (including phenoxy) is 4. The van der Waals surface area contributed by atoms with E-state index in [2.05, 4.69) is 5.92 Å². The van der Waals surface area contributed by atoms with Gasteiger partial charge in [-0.25, -0.2) is 4.79 Å². The van der Waals surface area contributed by atoms with Crippen LogP contribution in [0.5, 0.6) is 5.75 Å². The highest BCUT2D eigenvalue weighted by atomic mass is 16.7. The Morgan fingerprint density at radius 1 is 1.17 bits per heavy atom. The van der Waals surface area contributed by atoms with Gasteiger partial charge in [0.15, 0.2) is 0 Å². The van der Waals surface area contributed by atoms with Crippen molar-refractivity contribution in [3.63, 3.8) is 0 Å². The lowest BCUT2D eigenvalue weighted by Gasteiger charge is -2.33. The Morgan fingerprint density at radius 3 is 2.67 bits per heavy atom. The van der Waals surface area contributed by atoms with Gasteiger partial charge in [-0.1, -0.05) is 36.3 Å². The summed E-state index contributed by atoms with van der Waals surface area (Å²) in [5.41, 5.74) is 2.94. The quantitative estimate of drug-likeness (QED) is 0.555. The van der Waals surface area contributed by atoms with Crippen molar-refractivity contribution >= 4 is 6.16 Å². The Hall–Kier alpha value is -3.01. The molecule has 0 radical (unpaired) electrons. The summed E-state index contributed by atoms with van der Waals surface area (Å²) in [7, 11) is 0. The zero-order valence-electron chi connectivity index (χ0n) is 17.0. The second-order valence-electron chi connectivity index (χ2n) is 7.05. The average Bonchev–Trinajstić information content (AvgIpc) is 2.74. The highest BCUT2D eigenvalue weighted by Gasteiger charge is 2.31. The van der Waals surface area contributed by atoms with Gasteiger partial charge in [0.05, 0.1) is 18.8 Å². The number of benzene rings is 2. The van der Waals surface area contributed by atoms with Crippen molar-refractivity contribution in [3.05, 3.63) is 65.2 Å². The molecule has 1 heterocycles. The molecule has 30 heavy (non-hydrogen) atoms. The van der Waals surface area contributed by atoms with Crippen LogP contribution in [0.25, 0.3) is 0 Å². The normalized spacial score (nSPS) is 20.8. The van der Waals surface area contributed by atoms with Gasteiger partial charge in [-0.05, 0) is 36.2 Å². The maximum absolute atomic E-state index is 11.4. The van der Waals surface area contributed by atoms with Gasteiger partial charge in [0.1, 0.15) is 12.4 Å². The molecule has 0 aromatic heterocycles.